The number of benzene rings is 2. The lowest BCUT2D eigenvalue weighted by molar-refractivity contribution is 0.272. The molecule has 1 aliphatic rings. The van der Waals surface area contributed by atoms with Gasteiger partial charge in [0, 0.05) is 23.4 Å². The second-order valence-corrected chi connectivity index (χ2v) is 6.05. The van der Waals surface area contributed by atoms with Crippen LogP contribution in [0.4, 0.5) is 10.2 Å². The molecule has 6 heteroatoms. The van der Waals surface area contributed by atoms with Gasteiger partial charge in [-0.15, -0.1) is 0 Å². The zero-order chi connectivity index (χ0) is 17.4. The van der Waals surface area contributed by atoms with Crippen molar-refractivity contribution in [3.8, 4) is 11.5 Å². The number of anilines is 1. The number of halogens is 1. The van der Waals surface area contributed by atoms with Gasteiger partial charge in [-0.25, -0.2) is 14.4 Å². The quantitative estimate of drug-likeness (QED) is 0.781. The predicted molar refractivity (Wildman–Crippen MR) is 93.7 cm³/mol. The molecule has 1 aromatic heterocycles. The molecular weight excluding hydrogens is 321 g/mol. The molecule has 1 aliphatic heterocycles. The molecule has 128 valence electrons. The number of hydrogen-bond donors (Lipinski definition) is 1. The Balaban J connectivity index is 1.76. The van der Waals surface area contributed by atoms with E-state index in [2.05, 4.69) is 21.4 Å². The molecule has 1 N–H and O–H groups in total. The topological polar surface area (TPSA) is 56.3 Å². The Morgan fingerprint density at radius 1 is 1.28 bits per heavy atom. The Hall–Kier alpha value is -2.89. The Bertz CT molecular complexity index is 945. The smallest absolute Gasteiger partial charge is 0.167 e. The standard InChI is InChI=1S/C19H18FN3O2/c1-11-4-3-5-12-15(6-7-25-18(11)12)23-19-13-8-17(24-2)14(20)9-16(13)21-10-22-19/h3-5,8-10,15H,6-7H2,1-2H3,(H,21,22,23)/t15-/m0/s1. The number of aromatic nitrogens is 2. The Morgan fingerprint density at radius 3 is 3.00 bits per heavy atom. The summed E-state index contributed by atoms with van der Waals surface area (Å²) in [5, 5.41) is 4.19. The number of ether oxygens (including phenoxy) is 2. The fourth-order valence-electron chi connectivity index (χ4n) is 3.23. The molecule has 1 atom stereocenters. The minimum Gasteiger partial charge on any atom is -0.494 e. The van der Waals surface area contributed by atoms with Gasteiger partial charge in [0.05, 0.1) is 25.3 Å². The van der Waals surface area contributed by atoms with Gasteiger partial charge in [0.1, 0.15) is 17.9 Å². The molecule has 0 unspecified atom stereocenters. The normalized spacial score (nSPS) is 16.2. The molecule has 3 aromatic rings. The Labute approximate surface area is 144 Å². The van der Waals surface area contributed by atoms with Gasteiger partial charge in [-0.3, -0.25) is 0 Å². The van der Waals surface area contributed by atoms with Crippen molar-refractivity contribution in [2.45, 2.75) is 19.4 Å². The van der Waals surface area contributed by atoms with Crippen LogP contribution in [0.5, 0.6) is 11.5 Å². The highest BCUT2D eigenvalue weighted by molar-refractivity contribution is 5.90. The zero-order valence-electron chi connectivity index (χ0n) is 14.0. The van der Waals surface area contributed by atoms with Crippen LogP contribution in [0.2, 0.25) is 0 Å². The predicted octanol–water partition coefficient (Wildman–Crippen LogP) is 4.02. The first-order chi connectivity index (χ1) is 12.2. The van der Waals surface area contributed by atoms with Crippen LogP contribution >= 0.6 is 0 Å². The van der Waals surface area contributed by atoms with Crippen LogP contribution in [0.15, 0.2) is 36.7 Å². The summed E-state index contributed by atoms with van der Waals surface area (Å²) in [7, 11) is 1.44. The summed E-state index contributed by atoms with van der Waals surface area (Å²) < 4.78 is 24.8. The van der Waals surface area contributed by atoms with E-state index in [9.17, 15) is 4.39 Å². The summed E-state index contributed by atoms with van der Waals surface area (Å²) in [5.41, 5.74) is 2.75. The van der Waals surface area contributed by atoms with Gasteiger partial charge in [0.15, 0.2) is 11.6 Å². The molecule has 2 aromatic carbocycles. The van der Waals surface area contributed by atoms with Gasteiger partial charge in [-0.05, 0) is 18.6 Å². The van der Waals surface area contributed by atoms with Gasteiger partial charge >= 0.3 is 0 Å². The molecule has 0 spiro atoms. The van der Waals surface area contributed by atoms with Crippen molar-refractivity contribution in [1.82, 2.24) is 9.97 Å². The number of nitrogens with zero attached hydrogens (tertiary/aromatic N) is 2. The Kier molecular flexibility index (Phi) is 3.87. The number of methoxy groups -OCH3 is 1. The molecule has 0 aliphatic carbocycles. The van der Waals surface area contributed by atoms with Crippen LogP contribution in [-0.4, -0.2) is 23.7 Å². The summed E-state index contributed by atoms with van der Waals surface area (Å²) >= 11 is 0. The van der Waals surface area contributed by atoms with E-state index in [4.69, 9.17) is 9.47 Å². The number of hydrogen-bond acceptors (Lipinski definition) is 5. The molecule has 0 bridgehead atoms. The van der Waals surface area contributed by atoms with E-state index in [1.807, 2.05) is 19.1 Å². The van der Waals surface area contributed by atoms with E-state index in [-0.39, 0.29) is 11.8 Å². The first-order valence-corrected chi connectivity index (χ1v) is 8.14. The van der Waals surface area contributed by atoms with Gasteiger partial charge < -0.3 is 14.8 Å². The molecule has 4 rings (SSSR count). The maximum atomic E-state index is 13.9. The SMILES string of the molecule is COc1cc2c(N[C@H]3CCOc4c(C)cccc43)ncnc2cc1F. The fourth-order valence-corrected chi connectivity index (χ4v) is 3.23. The first-order valence-electron chi connectivity index (χ1n) is 8.14. The van der Waals surface area contributed by atoms with Crippen LogP contribution < -0.4 is 14.8 Å². The number of rotatable bonds is 3. The maximum Gasteiger partial charge on any atom is 0.167 e. The third kappa shape index (κ3) is 2.73. The summed E-state index contributed by atoms with van der Waals surface area (Å²) in [6.07, 6.45) is 2.26. The number of nitrogens with one attached hydrogen (secondary N) is 1. The molecule has 0 amide bonds. The Morgan fingerprint density at radius 2 is 2.16 bits per heavy atom. The minimum absolute atomic E-state index is 0.0674. The van der Waals surface area contributed by atoms with Crippen molar-refractivity contribution in [3.05, 3.63) is 53.6 Å². The van der Waals surface area contributed by atoms with Crippen LogP contribution in [-0.2, 0) is 0 Å². The van der Waals surface area contributed by atoms with Gasteiger partial charge in [-0.2, -0.15) is 0 Å². The van der Waals surface area contributed by atoms with Gasteiger partial charge in [0.2, 0.25) is 0 Å². The summed E-state index contributed by atoms with van der Waals surface area (Å²) in [6.45, 7) is 2.67. The van der Waals surface area contributed by atoms with Gasteiger partial charge in [0.25, 0.3) is 0 Å². The molecule has 0 saturated carbocycles. The molecule has 0 radical (unpaired) electrons. The molecular formula is C19H18FN3O2. The number of fused-ring (bicyclic) bond motifs is 2. The van der Waals surface area contributed by atoms with Crippen molar-refractivity contribution < 1.29 is 13.9 Å². The van der Waals surface area contributed by atoms with Crippen molar-refractivity contribution in [2.75, 3.05) is 19.0 Å². The molecule has 0 fully saturated rings. The monoisotopic (exact) mass is 339 g/mol. The van der Waals surface area contributed by atoms with Crippen molar-refractivity contribution in [3.63, 3.8) is 0 Å². The maximum absolute atomic E-state index is 13.9. The fraction of sp³-hybridized carbons (Fsp3) is 0.263. The largest absolute Gasteiger partial charge is 0.494 e. The first kappa shape index (κ1) is 15.6. The average molecular weight is 339 g/mol. The second-order valence-electron chi connectivity index (χ2n) is 6.05. The number of para-hydroxylation sites is 1. The van der Waals surface area contributed by atoms with Crippen molar-refractivity contribution in [2.24, 2.45) is 0 Å². The van der Waals surface area contributed by atoms with Crippen molar-refractivity contribution >= 4 is 16.7 Å². The third-order valence-corrected chi connectivity index (χ3v) is 4.49. The van der Waals surface area contributed by atoms with E-state index in [1.54, 1.807) is 6.07 Å². The summed E-state index contributed by atoms with van der Waals surface area (Å²) in [5.74, 6) is 1.32. The van der Waals surface area contributed by atoms with E-state index in [1.165, 1.54) is 19.5 Å². The highest BCUT2D eigenvalue weighted by Crippen LogP contribution is 2.37. The second kappa shape index (κ2) is 6.20. The molecule has 0 saturated heterocycles. The van der Waals surface area contributed by atoms with Crippen LogP contribution in [0.3, 0.4) is 0 Å². The van der Waals surface area contributed by atoms with Crippen LogP contribution in [0, 0.1) is 12.7 Å². The third-order valence-electron chi connectivity index (χ3n) is 4.49. The van der Waals surface area contributed by atoms with Crippen LogP contribution in [0.25, 0.3) is 10.9 Å². The zero-order valence-corrected chi connectivity index (χ0v) is 14.0. The van der Waals surface area contributed by atoms with Gasteiger partial charge in [-0.1, -0.05) is 18.2 Å². The minimum atomic E-state index is -0.438. The summed E-state index contributed by atoms with van der Waals surface area (Å²) in [6, 6.07) is 9.18. The van der Waals surface area contributed by atoms with Crippen LogP contribution in [0.1, 0.15) is 23.6 Å². The summed E-state index contributed by atoms with van der Waals surface area (Å²) in [4.78, 5) is 8.52. The van der Waals surface area contributed by atoms with E-state index >= 15 is 0 Å². The molecule has 5 nitrogen and oxygen atoms in total. The van der Waals surface area contributed by atoms with E-state index in [0.29, 0.717) is 17.9 Å². The lowest BCUT2D eigenvalue weighted by Gasteiger charge is -2.28. The lowest BCUT2D eigenvalue weighted by atomic mass is 9.98. The van der Waals surface area contributed by atoms with Crippen molar-refractivity contribution in [1.29, 1.82) is 0 Å². The lowest BCUT2D eigenvalue weighted by Crippen LogP contribution is -2.21. The highest BCUT2D eigenvalue weighted by Gasteiger charge is 2.23. The average Bonchev–Trinajstić information content (AvgIpc) is 2.62. The molecule has 25 heavy (non-hydrogen) atoms. The van der Waals surface area contributed by atoms with E-state index in [0.717, 1.165) is 28.7 Å². The molecule has 2 heterocycles. The highest BCUT2D eigenvalue weighted by atomic mass is 19.1. The number of aryl methyl sites for hydroxylation is 1. The van der Waals surface area contributed by atoms with E-state index < -0.39 is 5.82 Å².